The molecule has 1 aromatic carbocycles. The molecule has 0 saturated heterocycles. The van der Waals surface area contributed by atoms with Gasteiger partial charge in [-0.05, 0) is 48.4 Å². The Bertz CT molecular complexity index is 1320. The molecule has 0 spiro atoms. The van der Waals surface area contributed by atoms with E-state index in [0.717, 1.165) is 11.1 Å². The quantitative estimate of drug-likeness (QED) is 0.241. The van der Waals surface area contributed by atoms with Crippen LogP contribution in [0.15, 0.2) is 48.8 Å². The first-order valence-corrected chi connectivity index (χ1v) is 10.4. The fourth-order valence-electron chi connectivity index (χ4n) is 3.26. The van der Waals surface area contributed by atoms with Gasteiger partial charge in [0.2, 0.25) is 5.95 Å². The highest BCUT2D eigenvalue weighted by molar-refractivity contribution is 6.32. The van der Waals surface area contributed by atoms with Crippen LogP contribution in [0.3, 0.4) is 0 Å². The molecule has 5 nitrogen and oxygen atoms in total. The van der Waals surface area contributed by atoms with Gasteiger partial charge in [-0.3, -0.25) is 4.98 Å². The number of ether oxygens (including phenoxy) is 1. The van der Waals surface area contributed by atoms with Crippen molar-refractivity contribution in [3.05, 3.63) is 82.5 Å². The number of alkyl halides is 3. The number of H-pyrrole nitrogens is 1. The van der Waals surface area contributed by atoms with E-state index in [1.165, 1.54) is 18.3 Å². The molecule has 0 radical (unpaired) electrons. The minimum Gasteiger partial charge on any atom is -0.487 e. The predicted octanol–water partition coefficient (Wildman–Crippen LogP) is 6.63. The van der Waals surface area contributed by atoms with Crippen molar-refractivity contribution < 1.29 is 26.7 Å². The van der Waals surface area contributed by atoms with Crippen LogP contribution in [0, 0.1) is 11.8 Å². The van der Waals surface area contributed by atoms with E-state index in [1.54, 1.807) is 18.2 Å². The van der Waals surface area contributed by atoms with Gasteiger partial charge < -0.3 is 9.72 Å². The van der Waals surface area contributed by atoms with Gasteiger partial charge in [0.25, 0.3) is 0 Å². The molecule has 0 aliphatic carbocycles. The number of nitrogens with one attached hydrogen (secondary N) is 1. The molecule has 11 heteroatoms. The minimum atomic E-state index is -4.68. The Morgan fingerprint density at radius 2 is 1.82 bits per heavy atom. The topological polar surface area (TPSA) is 63.7 Å². The summed E-state index contributed by atoms with van der Waals surface area (Å²) in [7, 11) is 0. The van der Waals surface area contributed by atoms with Crippen molar-refractivity contribution in [2.45, 2.75) is 26.1 Å². The number of hydrogen-bond acceptors (Lipinski definition) is 4. The molecule has 0 unspecified atom stereocenters. The average molecular weight is 495 g/mol. The van der Waals surface area contributed by atoms with E-state index in [2.05, 4.69) is 19.9 Å². The van der Waals surface area contributed by atoms with E-state index in [9.17, 15) is 22.0 Å². The highest BCUT2D eigenvalue weighted by atomic mass is 35.5. The first-order chi connectivity index (χ1) is 16.2. The number of aromatic amines is 1. The Kier molecular flexibility index (Phi) is 6.52. The maximum Gasteiger partial charge on any atom is 0.417 e. The smallest absolute Gasteiger partial charge is 0.417 e. The van der Waals surface area contributed by atoms with Gasteiger partial charge in [-0.1, -0.05) is 18.5 Å². The maximum absolute atomic E-state index is 14.0. The van der Waals surface area contributed by atoms with E-state index < -0.39 is 23.5 Å². The molecule has 0 atom stereocenters. The normalized spacial score (nSPS) is 11.6. The molecule has 3 aromatic heterocycles. The van der Waals surface area contributed by atoms with Crippen molar-refractivity contribution in [3.63, 3.8) is 0 Å². The molecule has 1 N–H and O–H groups in total. The Morgan fingerprint density at radius 3 is 2.47 bits per heavy atom. The van der Waals surface area contributed by atoms with Crippen LogP contribution in [-0.4, -0.2) is 19.9 Å². The van der Waals surface area contributed by atoms with Gasteiger partial charge in [0.1, 0.15) is 29.7 Å². The zero-order valence-corrected chi connectivity index (χ0v) is 18.3. The SMILES string of the molecule is CCc1cc(OCc2ncc(C(F)(F)F)cc2F)ccc1-c1[nH]c(-c2ccc(F)nc2)nc1Cl. The second-order valence-corrected chi connectivity index (χ2v) is 7.59. The van der Waals surface area contributed by atoms with Gasteiger partial charge in [-0.15, -0.1) is 0 Å². The second-order valence-electron chi connectivity index (χ2n) is 7.23. The molecule has 34 heavy (non-hydrogen) atoms. The van der Waals surface area contributed by atoms with Crippen molar-refractivity contribution in [2.24, 2.45) is 0 Å². The van der Waals surface area contributed by atoms with Gasteiger partial charge in [-0.2, -0.15) is 17.6 Å². The lowest BCUT2D eigenvalue weighted by Gasteiger charge is -2.12. The molecule has 3 heterocycles. The van der Waals surface area contributed by atoms with Crippen LogP contribution >= 0.6 is 11.6 Å². The number of aromatic nitrogens is 4. The number of imidazole rings is 1. The lowest BCUT2D eigenvalue weighted by Crippen LogP contribution is -2.09. The summed E-state index contributed by atoms with van der Waals surface area (Å²) in [5.74, 6) is -0.926. The largest absolute Gasteiger partial charge is 0.487 e. The van der Waals surface area contributed by atoms with Crippen molar-refractivity contribution in [1.29, 1.82) is 0 Å². The van der Waals surface area contributed by atoms with E-state index in [-0.39, 0.29) is 17.5 Å². The predicted molar refractivity (Wildman–Crippen MR) is 115 cm³/mol. The first-order valence-electron chi connectivity index (χ1n) is 10.0. The summed E-state index contributed by atoms with van der Waals surface area (Å²) in [6, 6.07) is 8.19. The summed E-state index contributed by atoms with van der Waals surface area (Å²) in [5, 5.41) is 0.207. The zero-order chi connectivity index (χ0) is 24.5. The molecule has 0 fully saturated rings. The summed E-state index contributed by atoms with van der Waals surface area (Å²) < 4.78 is 70.7. The number of aryl methyl sites for hydroxylation is 1. The standard InChI is InChI=1S/C23H16ClF5N4O/c1-2-12-7-15(34-11-18-17(25)8-14(10-30-18)23(27,28)29)4-5-16(12)20-21(24)33-22(32-20)13-3-6-19(26)31-9-13/h3-10H,2,11H2,1H3,(H,32,33). The van der Waals surface area contributed by atoms with Crippen molar-refractivity contribution >= 4 is 11.6 Å². The summed E-state index contributed by atoms with van der Waals surface area (Å²) in [6.07, 6.45) is -2.19. The molecule has 0 aliphatic rings. The fraction of sp³-hybridized carbons (Fsp3) is 0.174. The monoisotopic (exact) mass is 494 g/mol. The third kappa shape index (κ3) is 5.01. The van der Waals surface area contributed by atoms with Crippen LogP contribution in [0.25, 0.3) is 22.6 Å². The molecule has 176 valence electrons. The Balaban J connectivity index is 1.55. The molecule has 0 amide bonds. The minimum absolute atomic E-state index is 0.207. The van der Waals surface area contributed by atoms with Crippen LogP contribution in [0.4, 0.5) is 22.0 Å². The highest BCUT2D eigenvalue weighted by Gasteiger charge is 2.32. The molecule has 0 saturated carbocycles. The first kappa shape index (κ1) is 23.6. The van der Waals surface area contributed by atoms with Gasteiger partial charge in [0.05, 0.1) is 11.3 Å². The summed E-state index contributed by atoms with van der Waals surface area (Å²) in [6.45, 7) is 1.56. The number of benzene rings is 1. The Morgan fingerprint density at radius 1 is 1.03 bits per heavy atom. The third-order valence-corrected chi connectivity index (χ3v) is 5.28. The number of halogens is 6. The van der Waals surface area contributed by atoms with Crippen LogP contribution in [0.1, 0.15) is 23.7 Å². The Labute approximate surface area is 195 Å². The lowest BCUT2D eigenvalue weighted by atomic mass is 10.0. The van der Waals surface area contributed by atoms with Gasteiger partial charge in [-0.25, -0.2) is 14.4 Å². The van der Waals surface area contributed by atoms with Gasteiger partial charge >= 0.3 is 6.18 Å². The van der Waals surface area contributed by atoms with E-state index in [0.29, 0.717) is 41.5 Å². The Hall–Kier alpha value is -3.53. The summed E-state index contributed by atoms with van der Waals surface area (Å²) >= 11 is 6.33. The lowest BCUT2D eigenvalue weighted by molar-refractivity contribution is -0.138. The number of hydrogen-bond donors (Lipinski definition) is 1. The molecular weight excluding hydrogens is 479 g/mol. The highest BCUT2D eigenvalue weighted by Crippen LogP contribution is 2.34. The van der Waals surface area contributed by atoms with E-state index >= 15 is 0 Å². The van der Waals surface area contributed by atoms with Crippen molar-refractivity contribution in [2.75, 3.05) is 0 Å². The molecule has 4 aromatic rings. The molecule has 4 rings (SSSR count). The second kappa shape index (κ2) is 9.38. The van der Waals surface area contributed by atoms with Gasteiger partial charge in [0, 0.05) is 23.5 Å². The van der Waals surface area contributed by atoms with E-state index in [4.69, 9.17) is 16.3 Å². The van der Waals surface area contributed by atoms with Crippen molar-refractivity contribution in [3.8, 4) is 28.4 Å². The van der Waals surface area contributed by atoms with Crippen molar-refractivity contribution in [1.82, 2.24) is 19.9 Å². The van der Waals surface area contributed by atoms with E-state index in [1.807, 2.05) is 6.92 Å². The average Bonchev–Trinajstić information content (AvgIpc) is 3.19. The summed E-state index contributed by atoms with van der Waals surface area (Å²) in [4.78, 5) is 14.5. The van der Waals surface area contributed by atoms with Gasteiger partial charge in [0.15, 0.2) is 5.15 Å². The van der Waals surface area contributed by atoms with Crippen LogP contribution in [0.5, 0.6) is 5.75 Å². The number of nitrogens with zero attached hydrogens (tertiary/aromatic N) is 3. The number of rotatable bonds is 6. The maximum atomic E-state index is 14.0. The third-order valence-electron chi connectivity index (χ3n) is 5.01. The van der Waals surface area contributed by atoms with Crippen LogP contribution in [0.2, 0.25) is 5.15 Å². The number of pyridine rings is 2. The van der Waals surface area contributed by atoms with Crippen LogP contribution in [-0.2, 0) is 19.2 Å². The zero-order valence-electron chi connectivity index (χ0n) is 17.6. The molecular formula is C23H16ClF5N4O. The van der Waals surface area contributed by atoms with Crippen LogP contribution < -0.4 is 4.74 Å². The molecule has 0 aliphatic heterocycles. The summed E-state index contributed by atoms with van der Waals surface area (Å²) in [5.41, 5.74) is 1.25. The molecule has 0 bridgehead atoms. The fourth-order valence-corrected chi connectivity index (χ4v) is 3.49.